The van der Waals surface area contributed by atoms with Gasteiger partial charge in [0.1, 0.15) is 18.2 Å². The van der Waals surface area contributed by atoms with Crippen LogP contribution in [0.1, 0.15) is 11.3 Å². The molecule has 1 aliphatic rings. The van der Waals surface area contributed by atoms with E-state index < -0.39 is 5.56 Å². The van der Waals surface area contributed by atoms with Crippen LogP contribution in [-0.4, -0.2) is 41.7 Å². The third-order valence-electron chi connectivity index (χ3n) is 3.17. The van der Waals surface area contributed by atoms with Crippen molar-refractivity contribution in [2.75, 3.05) is 26.3 Å². The second-order valence-corrected chi connectivity index (χ2v) is 4.38. The van der Waals surface area contributed by atoms with Crippen molar-refractivity contribution in [3.05, 3.63) is 33.7 Å². The van der Waals surface area contributed by atoms with Gasteiger partial charge in [-0.05, 0) is 19.1 Å². The minimum absolute atomic E-state index is 0.0276. The number of carbonyl (C=O) groups excluding carboxylic acids is 1. The van der Waals surface area contributed by atoms with Crippen LogP contribution < -0.4 is 5.56 Å². The van der Waals surface area contributed by atoms with Crippen LogP contribution in [0.2, 0.25) is 0 Å². The quantitative estimate of drug-likeness (QED) is 0.744. The Kier molecular flexibility index (Phi) is 3.97. The molecule has 1 fully saturated rings. The second kappa shape index (κ2) is 5.67. The van der Waals surface area contributed by atoms with Gasteiger partial charge < -0.3 is 14.2 Å². The number of nitriles is 1. The van der Waals surface area contributed by atoms with Crippen molar-refractivity contribution >= 4 is 5.91 Å². The highest BCUT2D eigenvalue weighted by Gasteiger charge is 2.18. The highest BCUT2D eigenvalue weighted by molar-refractivity contribution is 5.76. The maximum absolute atomic E-state index is 12.1. The number of aryl methyl sites for hydroxylation is 1. The van der Waals surface area contributed by atoms with E-state index in [2.05, 4.69) is 0 Å². The highest BCUT2D eigenvalue weighted by atomic mass is 16.5. The minimum atomic E-state index is -0.413. The van der Waals surface area contributed by atoms with Crippen molar-refractivity contribution in [3.63, 3.8) is 0 Å². The number of hydrogen-bond donors (Lipinski definition) is 0. The smallest absolute Gasteiger partial charge is 0.269 e. The Bertz CT molecular complexity index is 580. The fourth-order valence-corrected chi connectivity index (χ4v) is 2.00. The lowest BCUT2D eigenvalue weighted by molar-refractivity contribution is -0.136. The van der Waals surface area contributed by atoms with E-state index in [4.69, 9.17) is 10.00 Å². The predicted octanol–water partition coefficient (Wildman–Crippen LogP) is -0.113. The third-order valence-corrected chi connectivity index (χ3v) is 3.17. The predicted molar refractivity (Wildman–Crippen MR) is 67.6 cm³/mol. The van der Waals surface area contributed by atoms with Gasteiger partial charge in [0.2, 0.25) is 5.91 Å². The molecule has 6 heteroatoms. The van der Waals surface area contributed by atoms with Crippen LogP contribution in [-0.2, 0) is 16.1 Å². The van der Waals surface area contributed by atoms with Crippen molar-refractivity contribution in [1.29, 1.82) is 5.26 Å². The molecule has 1 amide bonds. The van der Waals surface area contributed by atoms with Gasteiger partial charge in [0.25, 0.3) is 5.56 Å². The van der Waals surface area contributed by atoms with Crippen LogP contribution in [0.5, 0.6) is 0 Å². The molecule has 1 saturated heterocycles. The van der Waals surface area contributed by atoms with Crippen molar-refractivity contribution < 1.29 is 9.53 Å². The topological polar surface area (TPSA) is 75.3 Å². The molecule has 1 aromatic heterocycles. The molecule has 2 rings (SSSR count). The van der Waals surface area contributed by atoms with Crippen molar-refractivity contribution in [2.24, 2.45) is 0 Å². The average Bonchev–Trinajstić information content (AvgIpc) is 2.44. The summed E-state index contributed by atoms with van der Waals surface area (Å²) in [7, 11) is 0. The highest BCUT2D eigenvalue weighted by Crippen LogP contribution is 2.02. The van der Waals surface area contributed by atoms with Crippen LogP contribution in [0.25, 0.3) is 0 Å². The van der Waals surface area contributed by atoms with Gasteiger partial charge in [0.15, 0.2) is 0 Å². The number of aromatic nitrogens is 1. The van der Waals surface area contributed by atoms with E-state index in [0.29, 0.717) is 32.0 Å². The molecule has 2 heterocycles. The summed E-state index contributed by atoms with van der Waals surface area (Å²) in [6.45, 7) is 3.86. The molecule has 19 heavy (non-hydrogen) atoms. The molecule has 6 nitrogen and oxygen atoms in total. The number of morpholine rings is 1. The van der Waals surface area contributed by atoms with Gasteiger partial charge in [-0.2, -0.15) is 5.26 Å². The number of amides is 1. The van der Waals surface area contributed by atoms with E-state index in [0.717, 1.165) is 0 Å². The molecule has 0 saturated carbocycles. The molecule has 100 valence electrons. The lowest BCUT2D eigenvalue weighted by Gasteiger charge is -2.27. The second-order valence-electron chi connectivity index (χ2n) is 4.38. The molecule has 1 aromatic rings. The van der Waals surface area contributed by atoms with Crippen LogP contribution in [0.15, 0.2) is 16.9 Å². The number of carbonyl (C=O) groups is 1. The zero-order valence-electron chi connectivity index (χ0n) is 10.8. The first kappa shape index (κ1) is 13.3. The minimum Gasteiger partial charge on any atom is -0.378 e. The number of ether oxygens (including phenoxy) is 1. The first-order chi connectivity index (χ1) is 9.13. The summed E-state index contributed by atoms with van der Waals surface area (Å²) in [5.41, 5.74) is 0.315. The van der Waals surface area contributed by atoms with Gasteiger partial charge in [0, 0.05) is 18.8 Å². The third kappa shape index (κ3) is 2.83. The molecular weight excluding hydrogens is 246 g/mol. The van der Waals surface area contributed by atoms with E-state index in [9.17, 15) is 9.59 Å². The lowest BCUT2D eigenvalue weighted by Crippen LogP contribution is -2.43. The summed E-state index contributed by atoms with van der Waals surface area (Å²) in [5, 5.41) is 8.84. The van der Waals surface area contributed by atoms with E-state index in [1.807, 2.05) is 6.07 Å². The normalized spacial score (nSPS) is 15.1. The Labute approximate surface area is 110 Å². The van der Waals surface area contributed by atoms with Gasteiger partial charge in [-0.15, -0.1) is 0 Å². The SMILES string of the molecule is Cc1ccc(C#N)c(=O)n1CC(=O)N1CCOCC1. The van der Waals surface area contributed by atoms with Crippen LogP contribution >= 0.6 is 0 Å². The van der Waals surface area contributed by atoms with Gasteiger partial charge in [0.05, 0.1) is 13.2 Å². The summed E-state index contributed by atoms with van der Waals surface area (Å²) < 4.78 is 6.52. The first-order valence-corrected chi connectivity index (χ1v) is 6.09. The Morgan fingerprint density at radius 3 is 2.74 bits per heavy atom. The Morgan fingerprint density at radius 1 is 1.42 bits per heavy atom. The fraction of sp³-hybridized carbons (Fsp3) is 0.462. The van der Waals surface area contributed by atoms with Crippen molar-refractivity contribution in [2.45, 2.75) is 13.5 Å². The Balaban J connectivity index is 2.21. The van der Waals surface area contributed by atoms with Crippen molar-refractivity contribution in [1.82, 2.24) is 9.47 Å². The van der Waals surface area contributed by atoms with Crippen LogP contribution in [0, 0.1) is 18.3 Å². The monoisotopic (exact) mass is 261 g/mol. The van der Waals surface area contributed by atoms with Gasteiger partial charge in [-0.1, -0.05) is 0 Å². The van der Waals surface area contributed by atoms with E-state index in [-0.39, 0.29) is 18.0 Å². The van der Waals surface area contributed by atoms with Gasteiger partial charge >= 0.3 is 0 Å². The standard InChI is InChI=1S/C13H15N3O3/c1-10-2-3-11(8-14)13(18)16(10)9-12(17)15-4-6-19-7-5-15/h2-3H,4-7,9H2,1H3. The van der Waals surface area contributed by atoms with Crippen LogP contribution in [0.3, 0.4) is 0 Å². The van der Waals surface area contributed by atoms with E-state index >= 15 is 0 Å². The number of hydrogen-bond acceptors (Lipinski definition) is 4. The first-order valence-electron chi connectivity index (χ1n) is 6.09. The lowest BCUT2D eigenvalue weighted by atomic mass is 10.2. The van der Waals surface area contributed by atoms with E-state index in [1.54, 1.807) is 17.9 Å². The molecular formula is C13H15N3O3. The molecule has 1 aliphatic heterocycles. The fourth-order valence-electron chi connectivity index (χ4n) is 2.00. The number of pyridine rings is 1. The molecule has 0 bridgehead atoms. The molecule has 0 radical (unpaired) electrons. The summed E-state index contributed by atoms with van der Waals surface area (Å²) in [6, 6.07) is 4.99. The maximum atomic E-state index is 12.1. The Hall–Kier alpha value is -2.13. The van der Waals surface area contributed by atoms with Gasteiger partial charge in [-0.3, -0.25) is 9.59 Å². The number of nitrogens with zero attached hydrogens (tertiary/aromatic N) is 3. The zero-order chi connectivity index (χ0) is 13.8. The number of rotatable bonds is 2. The van der Waals surface area contributed by atoms with E-state index in [1.165, 1.54) is 10.6 Å². The molecule has 0 aliphatic carbocycles. The zero-order valence-corrected chi connectivity index (χ0v) is 10.8. The maximum Gasteiger partial charge on any atom is 0.269 e. The molecule has 0 unspecified atom stereocenters. The Morgan fingerprint density at radius 2 is 2.11 bits per heavy atom. The molecule has 0 atom stereocenters. The average molecular weight is 261 g/mol. The summed E-state index contributed by atoms with van der Waals surface area (Å²) >= 11 is 0. The molecule has 0 spiro atoms. The summed E-state index contributed by atoms with van der Waals surface area (Å²) in [4.78, 5) is 25.8. The van der Waals surface area contributed by atoms with Gasteiger partial charge in [-0.25, -0.2) is 0 Å². The molecule has 0 aromatic carbocycles. The summed E-state index contributed by atoms with van der Waals surface area (Å²) in [5.74, 6) is -0.122. The molecule has 0 N–H and O–H groups in total. The largest absolute Gasteiger partial charge is 0.378 e. The van der Waals surface area contributed by atoms with Crippen LogP contribution in [0.4, 0.5) is 0 Å². The summed E-state index contributed by atoms with van der Waals surface area (Å²) in [6.07, 6.45) is 0. The van der Waals surface area contributed by atoms with Crippen molar-refractivity contribution in [3.8, 4) is 6.07 Å².